The van der Waals surface area contributed by atoms with Gasteiger partial charge in [0.15, 0.2) is 0 Å². The number of hydrogen-bond donors (Lipinski definition) is 1. The van der Waals surface area contributed by atoms with Gasteiger partial charge >= 0.3 is 12.2 Å². The largest absolute Gasteiger partial charge is 0.443 e. The van der Waals surface area contributed by atoms with Gasteiger partial charge in [-0.25, -0.2) is 20.0 Å². The molecule has 0 unspecified atom stereocenters. The summed E-state index contributed by atoms with van der Waals surface area (Å²) in [5, 5.41) is 1.28. The molecule has 0 bridgehead atoms. The maximum absolute atomic E-state index is 12.9. The van der Waals surface area contributed by atoms with Crippen LogP contribution in [0.4, 0.5) is 9.59 Å². The fourth-order valence-electron chi connectivity index (χ4n) is 3.51. The summed E-state index contributed by atoms with van der Waals surface area (Å²) >= 11 is 0. The summed E-state index contributed by atoms with van der Waals surface area (Å²) in [7, 11) is 0. The van der Waals surface area contributed by atoms with Crippen molar-refractivity contribution in [2.45, 2.75) is 39.5 Å². The highest BCUT2D eigenvalue weighted by Gasteiger charge is 2.36. The summed E-state index contributed by atoms with van der Waals surface area (Å²) in [6.07, 6.45) is 3.47. The summed E-state index contributed by atoms with van der Waals surface area (Å²) in [5.74, 6) is 0.420. The number of amides is 2. The average molecular weight is 408 g/mol. The molecule has 2 atom stereocenters. The monoisotopic (exact) mass is 408 g/mol. The Balaban J connectivity index is 1.65. The molecular weight excluding hydrogens is 380 g/mol. The molecule has 1 aliphatic carbocycles. The Morgan fingerprint density at radius 2 is 1.53 bits per heavy atom. The molecule has 158 valence electrons. The molecule has 0 saturated carbocycles. The van der Waals surface area contributed by atoms with Gasteiger partial charge in [-0.15, -0.1) is 0 Å². The molecule has 0 radical (unpaired) electrons. The van der Waals surface area contributed by atoms with Crippen molar-refractivity contribution in [3.8, 4) is 0 Å². The van der Waals surface area contributed by atoms with E-state index in [9.17, 15) is 9.59 Å². The first kappa shape index (κ1) is 21.4. The molecule has 1 N–H and O–H groups in total. The first-order chi connectivity index (χ1) is 14.5. The third-order valence-electron chi connectivity index (χ3n) is 5.11. The lowest BCUT2D eigenvalue weighted by Gasteiger charge is -2.33. The van der Waals surface area contributed by atoms with Gasteiger partial charge in [-0.1, -0.05) is 86.7 Å². The Morgan fingerprint density at radius 3 is 2.10 bits per heavy atom. The van der Waals surface area contributed by atoms with Gasteiger partial charge in [0.1, 0.15) is 13.2 Å². The number of nitrogens with one attached hydrogen (secondary N) is 1. The van der Waals surface area contributed by atoms with Gasteiger partial charge in [0.2, 0.25) is 0 Å². The SMILES string of the molecule is CC(C)[C@H]1C=CC[C@@H]1N(NC(=O)OCc1ccccc1)C(=O)OCc1ccccc1. The van der Waals surface area contributed by atoms with E-state index in [4.69, 9.17) is 9.47 Å². The zero-order valence-electron chi connectivity index (χ0n) is 17.4. The fourth-order valence-corrected chi connectivity index (χ4v) is 3.51. The molecule has 2 aromatic rings. The minimum atomic E-state index is -0.690. The van der Waals surface area contributed by atoms with Crippen LogP contribution in [0.15, 0.2) is 72.8 Å². The maximum atomic E-state index is 12.9. The maximum Gasteiger partial charge on any atom is 0.429 e. The Bertz CT molecular complexity index is 852. The lowest BCUT2D eigenvalue weighted by Crippen LogP contribution is -2.54. The molecule has 2 aromatic carbocycles. The number of ether oxygens (including phenoxy) is 2. The van der Waals surface area contributed by atoms with Crippen molar-refractivity contribution >= 4 is 12.2 Å². The van der Waals surface area contributed by atoms with Gasteiger partial charge < -0.3 is 9.47 Å². The first-order valence-electron chi connectivity index (χ1n) is 10.2. The molecule has 0 spiro atoms. The van der Waals surface area contributed by atoms with E-state index >= 15 is 0 Å². The molecule has 6 nitrogen and oxygen atoms in total. The smallest absolute Gasteiger partial charge is 0.429 e. The van der Waals surface area contributed by atoms with Gasteiger partial charge in [0.05, 0.1) is 6.04 Å². The van der Waals surface area contributed by atoms with Crippen LogP contribution >= 0.6 is 0 Å². The van der Waals surface area contributed by atoms with Crippen LogP contribution in [0.3, 0.4) is 0 Å². The molecular formula is C24H28N2O4. The van der Waals surface area contributed by atoms with E-state index in [1.165, 1.54) is 5.01 Å². The van der Waals surface area contributed by atoms with Crippen molar-refractivity contribution in [3.05, 3.63) is 83.9 Å². The van der Waals surface area contributed by atoms with Crippen molar-refractivity contribution in [2.24, 2.45) is 11.8 Å². The number of nitrogens with zero attached hydrogens (tertiary/aromatic N) is 1. The minimum Gasteiger partial charge on any atom is -0.443 e. The van der Waals surface area contributed by atoms with E-state index in [0.29, 0.717) is 12.3 Å². The highest BCUT2D eigenvalue weighted by molar-refractivity contribution is 5.74. The lowest BCUT2D eigenvalue weighted by molar-refractivity contribution is 0.0361. The second kappa shape index (κ2) is 10.5. The van der Waals surface area contributed by atoms with Gasteiger partial charge in [0.25, 0.3) is 0 Å². The molecule has 6 heteroatoms. The number of hydrogen-bond acceptors (Lipinski definition) is 4. The number of carbonyl (C=O) groups excluding carboxylic acids is 2. The third-order valence-corrected chi connectivity index (χ3v) is 5.11. The van der Waals surface area contributed by atoms with E-state index < -0.39 is 12.2 Å². The standard InChI is InChI=1S/C24H28N2O4/c1-18(2)21-14-9-15-22(21)26(24(28)30-17-20-12-7-4-8-13-20)25-23(27)29-16-19-10-5-3-6-11-19/h3-14,18,21-22H,15-17H2,1-2H3,(H,25,27)/t21-,22+/m1/s1. The molecule has 0 aliphatic heterocycles. The van der Waals surface area contributed by atoms with Crippen LogP contribution in [0.25, 0.3) is 0 Å². The number of carbonyl (C=O) groups is 2. The van der Waals surface area contributed by atoms with E-state index in [0.717, 1.165) is 11.1 Å². The average Bonchev–Trinajstić information content (AvgIpc) is 3.26. The van der Waals surface area contributed by atoms with Crippen molar-refractivity contribution in [2.75, 3.05) is 0 Å². The van der Waals surface area contributed by atoms with Gasteiger partial charge in [-0.3, -0.25) is 0 Å². The molecule has 1 aliphatic rings. The lowest BCUT2D eigenvalue weighted by atomic mass is 9.91. The highest BCUT2D eigenvalue weighted by atomic mass is 16.6. The topological polar surface area (TPSA) is 67.9 Å². The zero-order valence-corrected chi connectivity index (χ0v) is 17.4. The molecule has 0 aromatic heterocycles. The minimum absolute atomic E-state index is 0.115. The van der Waals surface area contributed by atoms with Crippen LogP contribution < -0.4 is 5.43 Å². The first-order valence-corrected chi connectivity index (χ1v) is 10.2. The van der Waals surface area contributed by atoms with Crippen LogP contribution in [0, 0.1) is 11.8 Å². The van der Waals surface area contributed by atoms with E-state index in [1.54, 1.807) is 0 Å². The Labute approximate surface area is 177 Å². The predicted molar refractivity (Wildman–Crippen MR) is 114 cm³/mol. The molecule has 0 heterocycles. The van der Waals surface area contributed by atoms with Crippen LogP contribution in [-0.4, -0.2) is 23.2 Å². The molecule has 30 heavy (non-hydrogen) atoms. The van der Waals surface area contributed by atoms with Crippen LogP contribution in [-0.2, 0) is 22.7 Å². The summed E-state index contributed by atoms with van der Waals surface area (Å²) < 4.78 is 10.8. The third kappa shape index (κ3) is 5.86. The van der Waals surface area contributed by atoms with Crippen molar-refractivity contribution in [1.82, 2.24) is 10.4 Å². The Hall–Kier alpha value is -3.28. The van der Waals surface area contributed by atoms with Gasteiger partial charge in [0, 0.05) is 5.92 Å². The normalized spacial score (nSPS) is 17.6. The summed E-state index contributed by atoms with van der Waals surface area (Å²) in [6.45, 7) is 4.43. The van der Waals surface area contributed by atoms with Gasteiger partial charge in [-0.2, -0.15) is 0 Å². The predicted octanol–water partition coefficient (Wildman–Crippen LogP) is 5.07. The van der Waals surface area contributed by atoms with Crippen molar-refractivity contribution in [3.63, 3.8) is 0 Å². The van der Waals surface area contributed by atoms with Crippen LogP contribution in [0.1, 0.15) is 31.4 Å². The number of benzene rings is 2. The number of rotatable bonds is 6. The second-order valence-corrected chi connectivity index (χ2v) is 7.64. The van der Waals surface area contributed by atoms with E-state index in [-0.39, 0.29) is 25.2 Å². The Morgan fingerprint density at radius 1 is 0.967 bits per heavy atom. The van der Waals surface area contributed by atoms with Crippen LogP contribution in [0.2, 0.25) is 0 Å². The number of hydrazine groups is 1. The quantitative estimate of drug-likeness (QED) is 0.535. The molecule has 3 rings (SSSR count). The summed E-state index contributed by atoms with van der Waals surface area (Å²) in [4.78, 5) is 25.3. The second-order valence-electron chi connectivity index (χ2n) is 7.64. The Kier molecular flexibility index (Phi) is 7.49. The van der Waals surface area contributed by atoms with Crippen molar-refractivity contribution in [1.29, 1.82) is 0 Å². The van der Waals surface area contributed by atoms with Crippen LogP contribution in [0.5, 0.6) is 0 Å². The fraction of sp³-hybridized carbons (Fsp3) is 0.333. The zero-order chi connectivity index (χ0) is 21.3. The van der Waals surface area contributed by atoms with Crippen molar-refractivity contribution < 1.29 is 19.1 Å². The highest BCUT2D eigenvalue weighted by Crippen LogP contribution is 2.29. The molecule has 0 fully saturated rings. The summed E-state index contributed by atoms with van der Waals surface area (Å²) in [6, 6.07) is 18.6. The molecule has 2 amide bonds. The summed E-state index contributed by atoms with van der Waals surface area (Å²) in [5.41, 5.74) is 4.35. The van der Waals surface area contributed by atoms with E-state index in [1.807, 2.05) is 66.7 Å². The van der Waals surface area contributed by atoms with Gasteiger partial charge in [-0.05, 0) is 23.5 Å². The van der Waals surface area contributed by atoms with E-state index in [2.05, 4.69) is 25.3 Å². The molecule has 0 saturated heterocycles.